The number of ketones is 1. The summed E-state index contributed by atoms with van der Waals surface area (Å²) in [6, 6.07) is 10.9. The molecule has 2 heterocycles. The Morgan fingerprint density at radius 1 is 1.10 bits per heavy atom. The van der Waals surface area contributed by atoms with Crippen molar-refractivity contribution in [1.82, 2.24) is 24.8 Å². The van der Waals surface area contributed by atoms with E-state index in [0.29, 0.717) is 27.7 Å². The number of benzene rings is 2. The third-order valence-corrected chi connectivity index (χ3v) is 6.25. The van der Waals surface area contributed by atoms with E-state index in [2.05, 4.69) is 24.9 Å². The molecular formula is C26H26F3N5O5. The van der Waals surface area contributed by atoms with Crippen LogP contribution in [0.4, 0.5) is 13.2 Å². The van der Waals surface area contributed by atoms with E-state index in [9.17, 15) is 27.9 Å². The number of esters is 1. The Labute approximate surface area is 220 Å². The first-order valence-electron chi connectivity index (χ1n) is 11.9. The van der Waals surface area contributed by atoms with Crippen molar-refractivity contribution >= 4 is 22.7 Å². The highest BCUT2D eigenvalue weighted by molar-refractivity contribution is 6.17. The summed E-state index contributed by atoms with van der Waals surface area (Å²) in [5, 5.41) is 22.7. The van der Waals surface area contributed by atoms with E-state index in [1.54, 1.807) is 23.6 Å². The molecular weight excluding hydrogens is 519 g/mol. The van der Waals surface area contributed by atoms with E-state index in [0.717, 1.165) is 30.0 Å². The van der Waals surface area contributed by atoms with E-state index in [1.807, 2.05) is 19.1 Å². The maximum atomic E-state index is 13.6. The second-order valence-electron chi connectivity index (χ2n) is 9.15. The largest absolute Gasteiger partial charge is 0.573 e. The molecule has 0 unspecified atom stereocenters. The van der Waals surface area contributed by atoms with Gasteiger partial charge in [-0.15, -0.1) is 23.4 Å². The van der Waals surface area contributed by atoms with Gasteiger partial charge in [-0.1, -0.05) is 31.2 Å². The summed E-state index contributed by atoms with van der Waals surface area (Å²) in [5.41, 5.74) is 0.643. The van der Waals surface area contributed by atoms with Crippen LogP contribution in [0.25, 0.3) is 10.9 Å². The van der Waals surface area contributed by atoms with Crippen LogP contribution in [0, 0.1) is 6.92 Å². The van der Waals surface area contributed by atoms with Crippen LogP contribution in [0.5, 0.6) is 5.75 Å². The fourth-order valence-corrected chi connectivity index (χ4v) is 4.29. The van der Waals surface area contributed by atoms with Gasteiger partial charge in [0.25, 0.3) is 0 Å². The first-order valence-corrected chi connectivity index (χ1v) is 11.9. The summed E-state index contributed by atoms with van der Waals surface area (Å²) >= 11 is 0. The van der Waals surface area contributed by atoms with Crippen molar-refractivity contribution in [3.63, 3.8) is 0 Å². The molecule has 0 fully saturated rings. The SMILES string of the molecule is CCc1ccc(C(=O)c2c(C)n(Cc3nnn(C[C@](C)(O)C(=O)OC)n3)c3cc(OC(F)(F)F)ccc23)cc1. The zero-order valence-electron chi connectivity index (χ0n) is 21.6. The summed E-state index contributed by atoms with van der Waals surface area (Å²) in [7, 11) is 1.13. The molecule has 0 saturated carbocycles. The number of alkyl halides is 3. The number of fused-ring (bicyclic) bond motifs is 1. The van der Waals surface area contributed by atoms with E-state index < -0.39 is 23.7 Å². The maximum Gasteiger partial charge on any atom is 0.573 e. The van der Waals surface area contributed by atoms with Crippen molar-refractivity contribution in [1.29, 1.82) is 0 Å². The minimum absolute atomic E-state index is 0.0692. The molecule has 13 heteroatoms. The number of aliphatic hydroxyl groups is 1. The van der Waals surface area contributed by atoms with Crippen LogP contribution in [0.2, 0.25) is 0 Å². The number of tetrazole rings is 1. The topological polar surface area (TPSA) is 121 Å². The average Bonchev–Trinajstić information content (AvgIpc) is 3.43. The summed E-state index contributed by atoms with van der Waals surface area (Å²) < 4.78 is 49.1. The molecule has 0 radical (unpaired) electrons. The van der Waals surface area contributed by atoms with Gasteiger partial charge in [-0.05, 0) is 43.2 Å². The minimum atomic E-state index is -4.90. The van der Waals surface area contributed by atoms with Gasteiger partial charge in [0.1, 0.15) is 12.3 Å². The molecule has 2 aromatic heterocycles. The highest BCUT2D eigenvalue weighted by Crippen LogP contribution is 2.33. The first-order chi connectivity index (χ1) is 18.3. The second-order valence-corrected chi connectivity index (χ2v) is 9.15. The summed E-state index contributed by atoms with van der Waals surface area (Å²) in [6.07, 6.45) is -4.10. The molecule has 1 atom stereocenters. The predicted octanol–water partition coefficient (Wildman–Crippen LogP) is 3.60. The van der Waals surface area contributed by atoms with Crippen molar-refractivity contribution in [2.24, 2.45) is 0 Å². The van der Waals surface area contributed by atoms with Gasteiger partial charge in [0, 0.05) is 22.7 Å². The predicted molar refractivity (Wildman–Crippen MR) is 132 cm³/mol. The highest BCUT2D eigenvalue weighted by Gasteiger charge is 2.34. The molecule has 10 nitrogen and oxygen atoms in total. The Balaban J connectivity index is 1.76. The minimum Gasteiger partial charge on any atom is -0.467 e. The van der Waals surface area contributed by atoms with Crippen molar-refractivity contribution in [3.8, 4) is 5.75 Å². The van der Waals surface area contributed by atoms with Crippen LogP contribution in [0.3, 0.4) is 0 Å². The molecule has 4 rings (SSSR count). The van der Waals surface area contributed by atoms with Gasteiger partial charge in [-0.2, -0.15) is 4.80 Å². The number of carbonyl (C=O) groups is 2. The van der Waals surface area contributed by atoms with Crippen LogP contribution in [0.15, 0.2) is 42.5 Å². The van der Waals surface area contributed by atoms with Crippen LogP contribution in [-0.4, -0.2) is 60.7 Å². The van der Waals surface area contributed by atoms with Crippen LogP contribution in [-0.2, 0) is 29.0 Å². The summed E-state index contributed by atoms with van der Waals surface area (Å²) in [5.74, 6) is -1.51. The number of nitrogens with zero attached hydrogens (tertiary/aromatic N) is 5. The lowest BCUT2D eigenvalue weighted by molar-refractivity contribution is -0.274. The first kappa shape index (κ1) is 27.8. The molecule has 0 spiro atoms. The molecule has 39 heavy (non-hydrogen) atoms. The molecule has 0 aliphatic rings. The number of rotatable bonds is 9. The molecule has 0 aliphatic carbocycles. The maximum absolute atomic E-state index is 13.6. The normalized spacial score (nSPS) is 13.3. The quantitative estimate of drug-likeness (QED) is 0.250. The van der Waals surface area contributed by atoms with Crippen molar-refractivity contribution in [2.45, 2.75) is 52.2 Å². The molecule has 0 saturated heterocycles. The van der Waals surface area contributed by atoms with Crippen molar-refractivity contribution < 1.29 is 37.3 Å². The van der Waals surface area contributed by atoms with Gasteiger partial charge < -0.3 is 19.1 Å². The molecule has 206 valence electrons. The van der Waals surface area contributed by atoms with E-state index >= 15 is 0 Å². The molecule has 4 aromatic rings. The molecule has 0 amide bonds. The Kier molecular flexibility index (Phi) is 7.46. The third-order valence-electron chi connectivity index (χ3n) is 6.25. The van der Waals surface area contributed by atoms with Gasteiger partial charge in [0.15, 0.2) is 17.2 Å². The van der Waals surface area contributed by atoms with Crippen molar-refractivity contribution in [3.05, 3.63) is 70.7 Å². The number of ether oxygens (including phenoxy) is 2. The lowest BCUT2D eigenvalue weighted by Gasteiger charge is -2.18. The number of aromatic nitrogens is 5. The number of carbonyl (C=O) groups excluding carboxylic acids is 2. The molecule has 0 bridgehead atoms. The number of halogens is 3. The number of aryl methyl sites for hydroxylation is 1. The lowest BCUT2D eigenvalue weighted by atomic mass is 9.99. The van der Waals surface area contributed by atoms with Gasteiger partial charge in [0.2, 0.25) is 0 Å². The highest BCUT2D eigenvalue weighted by atomic mass is 19.4. The fourth-order valence-electron chi connectivity index (χ4n) is 4.29. The zero-order valence-corrected chi connectivity index (χ0v) is 21.6. The molecule has 2 aromatic carbocycles. The monoisotopic (exact) mass is 545 g/mol. The third kappa shape index (κ3) is 5.93. The molecule has 1 N–H and O–H groups in total. The Morgan fingerprint density at radius 2 is 1.79 bits per heavy atom. The van der Waals surface area contributed by atoms with E-state index in [-0.39, 0.29) is 24.7 Å². The van der Waals surface area contributed by atoms with Crippen LogP contribution >= 0.6 is 0 Å². The van der Waals surface area contributed by atoms with Crippen molar-refractivity contribution in [2.75, 3.05) is 7.11 Å². The summed E-state index contributed by atoms with van der Waals surface area (Å²) in [6.45, 7) is 4.48. The van der Waals surface area contributed by atoms with Crippen LogP contribution < -0.4 is 4.74 Å². The lowest BCUT2D eigenvalue weighted by Crippen LogP contribution is -2.41. The van der Waals surface area contributed by atoms with Gasteiger partial charge in [0.05, 0.1) is 24.7 Å². The Morgan fingerprint density at radius 3 is 2.41 bits per heavy atom. The van der Waals surface area contributed by atoms with Gasteiger partial charge in [-0.25, -0.2) is 4.79 Å². The number of hydrogen-bond donors (Lipinski definition) is 1. The standard InChI is InChI=1S/C26H26F3N5O5/c1-5-16-6-8-17(9-7-16)23(35)22-15(2)33(20-12-18(10-11-19(20)22)39-26(27,28)29)13-21-30-32-34(31-21)14-25(3,37)24(36)38-4/h6-12,37H,5,13-14H2,1-4H3/t25-/m0/s1. The average molecular weight is 546 g/mol. The smallest absolute Gasteiger partial charge is 0.467 e. The Bertz CT molecular complexity index is 1520. The second kappa shape index (κ2) is 10.5. The summed E-state index contributed by atoms with van der Waals surface area (Å²) in [4.78, 5) is 26.4. The molecule has 0 aliphatic heterocycles. The van der Waals surface area contributed by atoms with E-state index in [1.165, 1.54) is 19.1 Å². The number of hydrogen-bond acceptors (Lipinski definition) is 8. The zero-order chi connectivity index (χ0) is 28.5. The Hall–Kier alpha value is -4.26. The van der Waals surface area contributed by atoms with Gasteiger partial charge >= 0.3 is 12.3 Å². The van der Waals surface area contributed by atoms with E-state index in [4.69, 9.17) is 0 Å². The van der Waals surface area contributed by atoms with Gasteiger partial charge in [-0.3, -0.25) is 4.79 Å². The fraction of sp³-hybridized carbons (Fsp3) is 0.346. The number of methoxy groups -OCH3 is 1. The van der Waals surface area contributed by atoms with Crippen LogP contribution in [0.1, 0.15) is 46.9 Å².